The smallest absolute Gasteiger partial charge is 0.239 e. The topological polar surface area (TPSA) is 46.3 Å². The Hall–Kier alpha value is -1.06. The molecule has 1 aromatic rings. The van der Waals surface area contributed by atoms with Crippen LogP contribution >= 0.6 is 11.6 Å². The van der Waals surface area contributed by atoms with E-state index in [1.54, 1.807) is 6.92 Å². The van der Waals surface area contributed by atoms with E-state index in [4.69, 9.17) is 17.3 Å². The number of nitrogens with two attached hydrogens (primary N) is 1. The van der Waals surface area contributed by atoms with Crippen LogP contribution < -0.4 is 5.73 Å². The monoisotopic (exact) mass is 252 g/mol. The fourth-order valence-corrected chi connectivity index (χ4v) is 2.04. The van der Waals surface area contributed by atoms with Crippen LogP contribution in [0.25, 0.3) is 0 Å². The minimum Gasteiger partial charge on any atom is -0.334 e. The Labute approximate surface area is 107 Å². The van der Waals surface area contributed by atoms with E-state index in [1.165, 1.54) is 0 Å². The van der Waals surface area contributed by atoms with Gasteiger partial charge in [0.05, 0.1) is 6.04 Å². The van der Waals surface area contributed by atoms with Crippen molar-refractivity contribution in [3.63, 3.8) is 0 Å². The number of rotatable bonds is 4. The Morgan fingerprint density at radius 1 is 1.53 bits per heavy atom. The van der Waals surface area contributed by atoms with Gasteiger partial charge < -0.3 is 10.6 Å². The number of nitrogens with zero attached hydrogens (tertiary/aromatic N) is 1. The van der Waals surface area contributed by atoms with Crippen LogP contribution in [-0.4, -0.2) is 22.9 Å². The van der Waals surface area contributed by atoms with E-state index in [0.29, 0.717) is 17.6 Å². The zero-order chi connectivity index (χ0) is 12.4. The number of amides is 1. The van der Waals surface area contributed by atoms with Gasteiger partial charge in [-0.1, -0.05) is 29.8 Å². The standard InChI is InChI=1S/C13H17ClN2O/c1-9(15)13(17)16(11-6-7-11)8-10-4-2-3-5-12(10)14/h2-5,9,11H,6-8,15H2,1H3. The first-order chi connectivity index (χ1) is 8.09. The molecule has 1 aliphatic carbocycles. The second kappa shape index (κ2) is 5.07. The second-order valence-electron chi connectivity index (χ2n) is 4.58. The van der Waals surface area contributed by atoms with E-state index < -0.39 is 6.04 Å². The number of benzene rings is 1. The molecule has 3 nitrogen and oxygen atoms in total. The van der Waals surface area contributed by atoms with E-state index in [9.17, 15) is 4.79 Å². The van der Waals surface area contributed by atoms with E-state index >= 15 is 0 Å². The number of hydrogen-bond acceptors (Lipinski definition) is 2. The van der Waals surface area contributed by atoms with E-state index in [0.717, 1.165) is 18.4 Å². The molecule has 0 aliphatic heterocycles. The van der Waals surface area contributed by atoms with Crippen molar-refractivity contribution in [2.45, 2.75) is 38.4 Å². The van der Waals surface area contributed by atoms with Gasteiger partial charge in [0.25, 0.3) is 0 Å². The first-order valence-corrected chi connectivity index (χ1v) is 6.27. The van der Waals surface area contributed by atoms with Crippen LogP contribution in [-0.2, 0) is 11.3 Å². The predicted octanol–water partition coefficient (Wildman–Crippen LogP) is 2.18. The summed E-state index contributed by atoms with van der Waals surface area (Å²) in [6.45, 7) is 2.29. The van der Waals surface area contributed by atoms with E-state index in [-0.39, 0.29) is 5.91 Å². The summed E-state index contributed by atoms with van der Waals surface area (Å²) in [5.74, 6) is 0.00687. The quantitative estimate of drug-likeness (QED) is 0.893. The van der Waals surface area contributed by atoms with Crippen LogP contribution in [0.1, 0.15) is 25.3 Å². The van der Waals surface area contributed by atoms with Gasteiger partial charge in [-0.2, -0.15) is 0 Å². The molecular weight excluding hydrogens is 236 g/mol. The fraction of sp³-hybridized carbons (Fsp3) is 0.462. The normalized spacial score (nSPS) is 16.6. The highest BCUT2D eigenvalue weighted by Gasteiger charge is 2.33. The molecule has 1 aliphatic rings. The summed E-state index contributed by atoms with van der Waals surface area (Å²) in [4.78, 5) is 13.9. The molecule has 4 heteroatoms. The van der Waals surface area contributed by atoms with Gasteiger partial charge in [-0.3, -0.25) is 4.79 Å². The number of hydrogen-bond donors (Lipinski definition) is 1. The van der Waals surface area contributed by atoms with Crippen molar-refractivity contribution in [3.8, 4) is 0 Å². The largest absolute Gasteiger partial charge is 0.334 e. The first-order valence-electron chi connectivity index (χ1n) is 5.89. The summed E-state index contributed by atoms with van der Waals surface area (Å²) in [7, 11) is 0. The Kier molecular flexibility index (Phi) is 3.69. The third kappa shape index (κ3) is 2.99. The second-order valence-corrected chi connectivity index (χ2v) is 4.98. The summed E-state index contributed by atoms with van der Waals surface area (Å²) in [5.41, 5.74) is 6.65. The molecule has 2 rings (SSSR count). The van der Waals surface area contributed by atoms with Gasteiger partial charge in [-0.25, -0.2) is 0 Å². The Morgan fingerprint density at radius 2 is 2.18 bits per heavy atom. The molecule has 1 atom stereocenters. The minimum absolute atomic E-state index is 0.00687. The van der Waals surface area contributed by atoms with Crippen molar-refractivity contribution in [1.82, 2.24) is 4.90 Å². The van der Waals surface area contributed by atoms with Gasteiger partial charge in [0.1, 0.15) is 0 Å². The summed E-state index contributed by atoms with van der Waals surface area (Å²) >= 11 is 6.11. The van der Waals surface area contributed by atoms with Crippen molar-refractivity contribution < 1.29 is 4.79 Å². The molecule has 0 heterocycles. The van der Waals surface area contributed by atoms with Gasteiger partial charge in [-0.05, 0) is 31.4 Å². The van der Waals surface area contributed by atoms with Gasteiger partial charge in [0.2, 0.25) is 5.91 Å². The van der Waals surface area contributed by atoms with Crippen molar-refractivity contribution in [3.05, 3.63) is 34.9 Å². The van der Waals surface area contributed by atoms with E-state index in [2.05, 4.69) is 0 Å². The van der Waals surface area contributed by atoms with Crippen LogP contribution in [0.4, 0.5) is 0 Å². The van der Waals surface area contributed by atoms with Gasteiger partial charge in [0, 0.05) is 17.6 Å². The SMILES string of the molecule is CC(N)C(=O)N(Cc1ccccc1Cl)C1CC1. The van der Waals surface area contributed by atoms with Crippen LogP contribution in [0.3, 0.4) is 0 Å². The van der Waals surface area contributed by atoms with Gasteiger partial charge >= 0.3 is 0 Å². The average Bonchev–Trinajstić information content (AvgIpc) is 3.11. The maximum atomic E-state index is 12.0. The molecule has 92 valence electrons. The predicted molar refractivity (Wildman–Crippen MR) is 68.7 cm³/mol. The number of carbonyl (C=O) groups excluding carboxylic acids is 1. The summed E-state index contributed by atoms with van der Waals surface area (Å²) in [6.07, 6.45) is 2.14. The summed E-state index contributed by atoms with van der Waals surface area (Å²) in [5, 5.41) is 0.704. The molecule has 1 aromatic carbocycles. The third-order valence-corrected chi connectivity index (χ3v) is 3.33. The van der Waals surface area contributed by atoms with Crippen molar-refractivity contribution in [1.29, 1.82) is 0 Å². The molecule has 17 heavy (non-hydrogen) atoms. The lowest BCUT2D eigenvalue weighted by molar-refractivity contribution is -0.133. The first kappa shape index (κ1) is 12.4. The van der Waals surface area contributed by atoms with Crippen molar-refractivity contribution in [2.24, 2.45) is 5.73 Å². The van der Waals surface area contributed by atoms with Crippen LogP contribution in [0.2, 0.25) is 5.02 Å². The molecule has 1 fully saturated rings. The molecule has 1 saturated carbocycles. The Bertz CT molecular complexity index is 416. The van der Waals surface area contributed by atoms with Gasteiger partial charge in [-0.15, -0.1) is 0 Å². The highest BCUT2D eigenvalue weighted by atomic mass is 35.5. The minimum atomic E-state index is -0.446. The third-order valence-electron chi connectivity index (χ3n) is 2.96. The van der Waals surface area contributed by atoms with Crippen LogP contribution in [0.15, 0.2) is 24.3 Å². The molecule has 0 radical (unpaired) electrons. The Morgan fingerprint density at radius 3 is 2.71 bits per heavy atom. The molecular formula is C13H17ClN2O. The number of carbonyl (C=O) groups is 1. The molecule has 2 N–H and O–H groups in total. The van der Waals surface area contributed by atoms with Crippen molar-refractivity contribution in [2.75, 3.05) is 0 Å². The zero-order valence-corrected chi connectivity index (χ0v) is 10.7. The van der Waals surface area contributed by atoms with Crippen molar-refractivity contribution >= 4 is 17.5 Å². The maximum absolute atomic E-state index is 12.0. The summed E-state index contributed by atoms with van der Waals surface area (Å²) in [6, 6.07) is 7.52. The molecule has 1 unspecified atom stereocenters. The molecule has 0 saturated heterocycles. The summed E-state index contributed by atoms with van der Waals surface area (Å²) < 4.78 is 0. The molecule has 0 spiro atoms. The highest BCUT2D eigenvalue weighted by Crippen LogP contribution is 2.30. The van der Waals surface area contributed by atoms with Crippen LogP contribution in [0, 0.1) is 0 Å². The lowest BCUT2D eigenvalue weighted by Gasteiger charge is -2.24. The lowest BCUT2D eigenvalue weighted by Crippen LogP contribution is -2.42. The van der Waals surface area contributed by atoms with Gasteiger partial charge in [0.15, 0.2) is 0 Å². The zero-order valence-electron chi connectivity index (χ0n) is 9.90. The highest BCUT2D eigenvalue weighted by molar-refractivity contribution is 6.31. The van der Waals surface area contributed by atoms with Crippen LogP contribution in [0.5, 0.6) is 0 Å². The maximum Gasteiger partial charge on any atom is 0.239 e. The number of halogens is 1. The average molecular weight is 253 g/mol. The fourth-order valence-electron chi connectivity index (χ4n) is 1.84. The lowest BCUT2D eigenvalue weighted by atomic mass is 10.2. The molecule has 1 amide bonds. The Balaban J connectivity index is 2.13. The molecule has 0 bridgehead atoms. The molecule has 0 aromatic heterocycles. The van der Waals surface area contributed by atoms with E-state index in [1.807, 2.05) is 29.2 Å².